The minimum Gasteiger partial charge on any atom is -0.351 e. The summed E-state index contributed by atoms with van der Waals surface area (Å²) in [6.07, 6.45) is -0.191. The van der Waals surface area contributed by atoms with E-state index in [1.165, 1.54) is 18.2 Å². The number of hydrogen-bond donors (Lipinski definition) is 4. The van der Waals surface area contributed by atoms with E-state index in [9.17, 15) is 14.2 Å². The fourth-order valence-corrected chi connectivity index (χ4v) is 4.24. The van der Waals surface area contributed by atoms with Crippen LogP contribution in [-0.4, -0.2) is 71.6 Å². The molecule has 1 heterocycles. The monoisotopic (exact) mass is 480 g/mol. The predicted molar refractivity (Wildman–Crippen MR) is 120 cm³/mol. The van der Waals surface area contributed by atoms with Gasteiger partial charge in [-0.2, -0.15) is 0 Å². The molecule has 33 heavy (non-hydrogen) atoms. The molecule has 0 saturated heterocycles. The molecular weight excluding hydrogens is 451 g/mol. The lowest BCUT2D eigenvalue weighted by Gasteiger charge is -2.15. The molecular formula is C19H29N8O5P. The topological polar surface area (TPSA) is 197 Å². The third-order valence-electron chi connectivity index (χ3n) is 4.08. The van der Waals surface area contributed by atoms with Crippen molar-refractivity contribution in [3.05, 3.63) is 35.2 Å². The van der Waals surface area contributed by atoms with E-state index in [2.05, 4.69) is 31.0 Å². The van der Waals surface area contributed by atoms with Crippen molar-refractivity contribution >= 4 is 19.4 Å². The molecule has 0 radical (unpaired) electrons. The number of rotatable bonds is 13. The van der Waals surface area contributed by atoms with Gasteiger partial charge in [-0.3, -0.25) is 14.2 Å². The first-order valence-corrected chi connectivity index (χ1v) is 12.1. The van der Waals surface area contributed by atoms with Crippen molar-refractivity contribution in [3.8, 4) is 11.4 Å². The van der Waals surface area contributed by atoms with Gasteiger partial charge in [0.2, 0.25) is 5.82 Å². The number of carbonyl (C=O) groups excluding carboxylic acids is 2. The second-order valence-electron chi connectivity index (χ2n) is 6.63. The van der Waals surface area contributed by atoms with Crippen LogP contribution in [0.5, 0.6) is 0 Å². The highest BCUT2D eigenvalue weighted by molar-refractivity contribution is 7.53. The Hall–Kier alpha value is -2.83. The summed E-state index contributed by atoms with van der Waals surface area (Å²) >= 11 is 0. The van der Waals surface area contributed by atoms with Crippen LogP contribution in [0.1, 0.15) is 40.4 Å². The maximum Gasteiger partial charge on any atom is 0.338 e. The molecule has 2 amide bonds. The van der Waals surface area contributed by atoms with Gasteiger partial charge in [0.1, 0.15) is 6.16 Å². The highest BCUT2D eigenvalue weighted by Gasteiger charge is 2.26. The Bertz CT molecular complexity index is 940. The number of benzene rings is 1. The zero-order valence-electron chi connectivity index (χ0n) is 18.6. The number of nitrogens with zero attached hydrogens (tertiary/aromatic N) is 4. The van der Waals surface area contributed by atoms with Crippen molar-refractivity contribution < 1.29 is 23.2 Å². The molecule has 0 saturated carbocycles. The maximum atomic E-state index is 12.7. The summed E-state index contributed by atoms with van der Waals surface area (Å²) in [6, 6.07) is 4.46. The maximum absolute atomic E-state index is 12.7. The molecule has 1 aromatic heterocycles. The van der Waals surface area contributed by atoms with E-state index in [0.29, 0.717) is 5.56 Å². The Morgan fingerprint density at radius 1 is 0.879 bits per heavy atom. The Balaban J connectivity index is 2.36. The van der Waals surface area contributed by atoms with E-state index in [4.69, 9.17) is 20.5 Å². The zero-order chi connectivity index (χ0) is 24.3. The van der Waals surface area contributed by atoms with Gasteiger partial charge in [-0.25, -0.2) is 0 Å². The van der Waals surface area contributed by atoms with Crippen molar-refractivity contribution in [2.45, 2.75) is 20.0 Å². The summed E-state index contributed by atoms with van der Waals surface area (Å²) in [4.78, 5) is 24.9. The van der Waals surface area contributed by atoms with Gasteiger partial charge in [0.15, 0.2) is 5.82 Å². The van der Waals surface area contributed by atoms with Crippen LogP contribution in [0.4, 0.5) is 0 Å². The van der Waals surface area contributed by atoms with E-state index in [1.807, 2.05) is 0 Å². The first kappa shape index (κ1) is 26.4. The standard InChI is InChI=1S/C19H29N8O5P/c1-3-31-33(30,32-4-2)12-16-24-26-17(27-25-16)13-9-14(18(28)22-7-5-20)11-15(10-13)19(29)23-8-6-21/h9-11H,3-8,12,20-21H2,1-2H3,(H,22,28)(H,23,29). The Kier molecular flexibility index (Phi) is 10.4. The summed E-state index contributed by atoms with van der Waals surface area (Å²) in [6.45, 7) is 4.86. The minimum absolute atomic E-state index is 0.0711. The third kappa shape index (κ3) is 7.91. The molecule has 0 spiro atoms. The molecule has 180 valence electrons. The largest absolute Gasteiger partial charge is 0.351 e. The van der Waals surface area contributed by atoms with E-state index < -0.39 is 19.4 Å². The van der Waals surface area contributed by atoms with Crippen LogP contribution < -0.4 is 22.1 Å². The Labute approximate surface area is 191 Å². The summed E-state index contributed by atoms with van der Waals surface area (Å²) in [5, 5.41) is 21.3. The van der Waals surface area contributed by atoms with E-state index in [-0.39, 0.29) is 68.3 Å². The van der Waals surface area contributed by atoms with Gasteiger partial charge in [0.25, 0.3) is 11.8 Å². The van der Waals surface area contributed by atoms with Gasteiger partial charge in [0.05, 0.1) is 13.2 Å². The lowest BCUT2D eigenvalue weighted by atomic mass is 10.0. The molecule has 2 rings (SSSR count). The molecule has 0 aliphatic heterocycles. The number of aromatic nitrogens is 4. The molecule has 0 atom stereocenters. The second kappa shape index (κ2) is 13.0. The average molecular weight is 480 g/mol. The molecule has 2 aromatic rings. The SMILES string of the molecule is CCOP(=O)(Cc1nnc(-c2cc(C(=O)NCCN)cc(C(=O)NCCN)c2)nn1)OCC. The summed E-state index contributed by atoms with van der Waals surface area (Å²) in [5.41, 5.74) is 11.6. The Morgan fingerprint density at radius 3 is 1.79 bits per heavy atom. The van der Waals surface area contributed by atoms with Gasteiger partial charge >= 0.3 is 7.60 Å². The van der Waals surface area contributed by atoms with E-state index in [1.54, 1.807) is 13.8 Å². The van der Waals surface area contributed by atoms with Crippen molar-refractivity contribution in [1.82, 2.24) is 31.0 Å². The minimum atomic E-state index is -3.42. The van der Waals surface area contributed by atoms with E-state index in [0.717, 1.165) is 0 Å². The number of nitrogens with two attached hydrogens (primary N) is 2. The molecule has 1 aromatic carbocycles. The molecule has 0 bridgehead atoms. The van der Waals surface area contributed by atoms with Gasteiger partial charge in [-0.05, 0) is 32.0 Å². The molecule has 14 heteroatoms. The van der Waals surface area contributed by atoms with Crippen LogP contribution in [0.15, 0.2) is 18.2 Å². The molecule has 0 aliphatic carbocycles. The van der Waals surface area contributed by atoms with Crippen molar-refractivity contribution in [2.24, 2.45) is 11.5 Å². The molecule has 0 unspecified atom stereocenters. The van der Waals surface area contributed by atoms with E-state index >= 15 is 0 Å². The fourth-order valence-electron chi connectivity index (χ4n) is 2.72. The lowest BCUT2D eigenvalue weighted by Crippen LogP contribution is -2.31. The summed E-state index contributed by atoms with van der Waals surface area (Å²) in [7, 11) is -3.42. The summed E-state index contributed by atoms with van der Waals surface area (Å²) < 4.78 is 23.1. The third-order valence-corrected chi connectivity index (χ3v) is 6.06. The van der Waals surface area contributed by atoms with Crippen LogP contribution in [0.3, 0.4) is 0 Å². The molecule has 6 N–H and O–H groups in total. The fraction of sp³-hybridized carbons (Fsp3) is 0.474. The lowest BCUT2D eigenvalue weighted by molar-refractivity contribution is 0.0954. The molecule has 0 aliphatic rings. The molecule has 0 fully saturated rings. The van der Waals surface area contributed by atoms with Gasteiger partial charge < -0.3 is 31.1 Å². The first-order valence-electron chi connectivity index (χ1n) is 10.4. The average Bonchev–Trinajstić information content (AvgIpc) is 2.81. The number of nitrogens with one attached hydrogen (secondary N) is 2. The number of amides is 2. The van der Waals surface area contributed by atoms with Crippen LogP contribution in [0.25, 0.3) is 11.4 Å². The van der Waals surface area contributed by atoms with Gasteiger partial charge in [0, 0.05) is 42.9 Å². The van der Waals surface area contributed by atoms with Crippen LogP contribution >= 0.6 is 7.60 Å². The van der Waals surface area contributed by atoms with Crippen LogP contribution in [0.2, 0.25) is 0 Å². The highest BCUT2D eigenvalue weighted by atomic mass is 31.2. The molecule has 13 nitrogen and oxygen atoms in total. The number of carbonyl (C=O) groups is 2. The van der Waals surface area contributed by atoms with Gasteiger partial charge in [-0.15, -0.1) is 20.4 Å². The second-order valence-corrected chi connectivity index (χ2v) is 8.69. The first-order chi connectivity index (χ1) is 15.9. The Morgan fingerprint density at radius 2 is 1.36 bits per heavy atom. The van der Waals surface area contributed by atoms with Crippen LogP contribution in [0, 0.1) is 0 Å². The zero-order valence-corrected chi connectivity index (χ0v) is 19.5. The van der Waals surface area contributed by atoms with Crippen molar-refractivity contribution in [1.29, 1.82) is 0 Å². The highest BCUT2D eigenvalue weighted by Crippen LogP contribution is 2.50. The number of hydrogen-bond acceptors (Lipinski definition) is 11. The van der Waals surface area contributed by atoms with Crippen molar-refractivity contribution in [2.75, 3.05) is 39.4 Å². The summed E-state index contributed by atoms with van der Waals surface area (Å²) in [5.74, 6) is -0.686. The smallest absolute Gasteiger partial charge is 0.338 e. The van der Waals surface area contributed by atoms with Gasteiger partial charge in [-0.1, -0.05) is 0 Å². The quantitative estimate of drug-likeness (QED) is 0.283. The predicted octanol–water partition coefficient (Wildman–Crippen LogP) is 0.0767. The van der Waals surface area contributed by atoms with Crippen LogP contribution in [-0.2, 0) is 19.8 Å². The normalized spacial score (nSPS) is 11.3. The van der Waals surface area contributed by atoms with Crippen molar-refractivity contribution in [3.63, 3.8) is 0 Å².